The average Bonchev–Trinajstić information content (AvgIpc) is 3.58. The zero-order valence-electron chi connectivity index (χ0n) is 24.5. The Morgan fingerprint density at radius 1 is 1.07 bits per heavy atom. The van der Waals surface area contributed by atoms with Crippen molar-refractivity contribution in [2.75, 3.05) is 13.7 Å². The fourth-order valence-corrected chi connectivity index (χ4v) is 7.88. The molecule has 5 aliphatic rings. The van der Waals surface area contributed by atoms with Gasteiger partial charge in [-0.2, -0.15) is 0 Å². The van der Waals surface area contributed by atoms with Gasteiger partial charge in [0.05, 0.1) is 36.0 Å². The van der Waals surface area contributed by atoms with E-state index >= 15 is 0 Å². The number of nitrogens with zero attached hydrogens (tertiary/aromatic N) is 1. The molecule has 2 aromatic carbocycles. The highest BCUT2D eigenvalue weighted by Gasteiger charge is 2.56. The van der Waals surface area contributed by atoms with Crippen LogP contribution < -0.4 is 4.74 Å². The Hall–Kier alpha value is -3.35. The van der Waals surface area contributed by atoms with Gasteiger partial charge in [-0.05, 0) is 32.8 Å². The zero-order chi connectivity index (χ0) is 30.5. The molecule has 0 radical (unpaired) electrons. The second-order valence-corrected chi connectivity index (χ2v) is 12.5. The Labute approximate surface area is 248 Å². The minimum atomic E-state index is -1.96. The van der Waals surface area contributed by atoms with Crippen molar-refractivity contribution in [3.63, 3.8) is 0 Å². The minimum Gasteiger partial charge on any atom is -0.507 e. The SMILES string of the molecule is COc1cccc2c1C(=O)c1c(O)c3c(c(O)c1C2=O)C[C@@](O)(C(C)=O)C[C@@H]3OC1OC(C)C2OC3CCCN3C2C1C. The number of carbonyl (C=O) groups is 3. The van der Waals surface area contributed by atoms with Crippen LogP contribution in [0.3, 0.4) is 0 Å². The van der Waals surface area contributed by atoms with E-state index in [9.17, 15) is 29.7 Å². The summed E-state index contributed by atoms with van der Waals surface area (Å²) in [6.07, 6.45) is -1.05. The van der Waals surface area contributed by atoms with E-state index in [1.165, 1.54) is 26.2 Å². The maximum Gasteiger partial charge on any atom is 0.202 e. The molecule has 2 aromatic rings. The van der Waals surface area contributed by atoms with Gasteiger partial charge in [-0.15, -0.1) is 0 Å². The van der Waals surface area contributed by atoms with Crippen LogP contribution in [0.15, 0.2) is 18.2 Å². The van der Waals surface area contributed by atoms with Crippen LogP contribution in [0.1, 0.15) is 89.1 Å². The first-order chi connectivity index (χ1) is 20.5. The van der Waals surface area contributed by atoms with E-state index in [0.717, 1.165) is 19.4 Å². The first-order valence-electron chi connectivity index (χ1n) is 14.8. The van der Waals surface area contributed by atoms with E-state index in [1.807, 2.05) is 13.8 Å². The summed E-state index contributed by atoms with van der Waals surface area (Å²) >= 11 is 0. The smallest absolute Gasteiger partial charge is 0.202 e. The molecule has 2 aliphatic carbocycles. The molecular weight excluding hydrogens is 558 g/mol. The van der Waals surface area contributed by atoms with Crippen LogP contribution in [-0.4, -0.2) is 87.6 Å². The number of carbonyl (C=O) groups excluding carboxylic acids is 3. The van der Waals surface area contributed by atoms with Crippen LogP contribution in [-0.2, 0) is 25.4 Å². The predicted molar refractivity (Wildman–Crippen MR) is 149 cm³/mol. The molecule has 8 atom stereocenters. The molecule has 43 heavy (non-hydrogen) atoms. The number of phenols is 2. The minimum absolute atomic E-state index is 0.0174. The molecule has 0 bridgehead atoms. The Bertz CT molecular complexity index is 1570. The second kappa shape index (κ2) is 9.83. The highest BCUT2D eigenvalue weighted by Crippen LogP contribution is 2.53. The number of fused-ring (bicyclic) bond motifs is 6. The first-order valence-corrected chi connectivity index (χ1v) is 14.8. The molecular formula is C32H35NO10. The van der Waals surface area contributed by atoms with Gasteiger partial charge in [-0.1, -0.05) is 19.1 Å². The van der Waals surface area contributed by atoms with E-state index in [4.69, 9.17) is 18.9 Å². The number of aromatic hydroxyl groups is 2. The summed E-state index contributed by atoms with van der Waals surface area (Å²) in [6.45, 7) is 6.05. The zero-order valence-corrected chi connectivity index (χ0v) is 24.5. The number of hydrogen-bond donors (Lipinski definition) is 3. The second-order valence-electron chi connectivity index (χ2n) is 12.5. The molecule has 0 amide bonds. The van der Waals surface area contributed by atoms with Crippen molar-refractivity contribution in [2.24, 2.45) is 5.92 Å². The summed E-state index contributed by atoms with van der Waals surface area (Å²) < 4.78 is 24.5. The van der Waals surface area contributed by atoms with Gasteiger partial charge in [0.25, 0.3) is 0 Å². The molecule has 0 saturated carbocycles. The van der Waals surface area contributed by atoms with Crippen molar-refractivity contribution in [3.8, 4) is 17.2 Å². The van der Waals surface area contributed by atoms with Gasteiger partial charge >= 0.3 is 0 Å². The van der Waals surface area contributed by atoms with Crippen LogP contribution in [0.5, 0.6) is 17.2 Å². The van der Waals surface area contributed by atoms with Gasteiger partial charge in [0.2, 0.25) is 5.78 Å². The number of ether oxygens (including phenoxy) is 4. The summed E-state index contributed by atoms with van der Waals surface area (Å²) in [5.74, 6) is -3.07. The van der Waals surface area contributed by atoms with Crippen molar-refractivity contribution < 1.29 is 48.7 Å². The van der Waals surface area contributed by atoms with Crippen LogP contribution in [0, 0.1) is 5.92 Å². The van der Waals surface area contributed by atoms with Crippen LogP contribution in [0.25, 0.3) is 0 Å². The lowest BCUT2D eigenvalue weighted by Crippen LogP contribution is -2.56. The molecule has 3 heterocycles. The standard InChI is InChI=1S/C32H35NO10/c1-13-25-30(43-20-9-6-10-33(20)25)14(2)41-31(13)42-19-12-32(39,15(3)34)11-17-22(19)29(38)24-23(27(17)36)26(35)16-7-5-8-18(40-4)21(16)28(24)37/h5,7-8,13-14,19-20,25,30-31,36,38-39H,6,9-12H2,1-4H3/t13?,14?,19-,20?,25?,30?,31?,32-/m0/s1. The molecule has 228 valence electrons. The Kier molecular flexibility index (Phi) is 6.50. The topological polar surface area (TPSA) is 152 Å². The number of rotatable bonds is 4. The van der Waals surface area contributed by atoms with Crippen LogP contribution >= 0.6 is 0 Å². The van der Waals surface area contributed by atoms with E-state index in [1.54, 1.807) is 6.07 Å². The third-order valence-electron chi connectivity index (χ3n) is 10.1. The Morgan fingerprint density at radius 2 is 1.81 bits per heavy atom. The monoisotopic (exact) mass is 593 g/mol. The van der Waals surface area contributed by atoms with Gasteiger partial charge in [-0.25, -0.2) is 0 Å². The lowest BCUT2D eigenvalue weighted by molar-refractivity contribution is -0.269. The number of ketones is 3. The van der Waals surface area contributed by atoms with Crippen molar-refractivity contribution in [1.82, 2.24) is 4.90 Å². The lowest BCUT2D eigenvalue weighted by atomic mass is 9.72. The van der Waals surface area contributed by atoms with Gasteiger partial charge in [0.15, 0.2) is 17.9 Å². The van der Waals surface area contributed by atoms with Gasteiger partial charge in [-0.3, -0.25) is 19.3 Å². The third kappa shape index (κ3) is 3.95. The van der Waals surface area contributed by atoms with Crippen LogP contribution in [0.2, 0.25) is 0 Å². The van der Waals surface area contributed by atoms with Crippen molar-refractivity contribution in [2.45, 2.75) is 88.9 Å². The molecule has 0 spiro atoms. The number of phenolic OH excluding ortho intramolecular Hbond substituents is 2. The molecule has 3 N–H and O–H groups in total. The quantitative estimate of drug-likeness (QED) is 0.383. The number of aliphatic hydroxyl groups is 1. The maximum absolute atomic E-state index is 13.9. The molecule has 7 rings (SSSR count). The molecule has 3 fully saturated rings. The van der Waals surface area contributed by atoms with Crippen molar-refractivity contribution in [3.05, 3.63) is 51.6 Å². The van der Waals surface area contributed by atoms with Gasteiger partial charge in [0, 0.05) is 48.0 Å². The maximum atomic E-state index is 13.9. The highest BCUT2D eigenvalue weighted by molar-refractivity contribution is 6.31. The Balaban J connectivity index is 1.34. The van der Waals surface area contributed by atoms with E-state index in [2.05, 4.69) is 4.90 Å². The largest absolute Gasteiger partial charge is 0.507 e. The fraction of sp³-hybridized carbons (Fsp3) is 0.531. The van der Waals surface area contributed by atoms with E-state index in [-0.39, 0.29) is 82.4 Å². The number of methoxy groups -OCH3 is 1. The van der Waals surface area contributed by atoms with Gasteiger partial charge in [0.1, 0.15) is 35.2 Å². The van der Waals surface area contributed by atoms with E-state index < -0.39 is 46.8 Å². The number of hydrogen-bond acceptors (Lipinski definition) is 11. The fourth-order valence-electron chi connectivity index (χ4n) is 7.88. The third-order valence-corrected chi connectivity index (χ3v) is 10.1. The molecule has 0 aromatic heterocycles. The molecule has 11 nitrogen and oxygen atoms in total. The Morgan fingerprint density at radius 3 is 2.53 bits per heavy atom. The first kappa shape index (κ1) is 28.4. The van der Waals surface area contributed by atoms with Gasteiger partial charge < -0.3 is 34.3 Å². The summed E-state index contributed by atoms with van der Waals surface area (Å²) in [4.78, 5) is 42.6. The summed E-state index contributed by atoms with van der Waals surface area (Å²) in [6, 6.07) is 4.56. The lowest BCUT2D eigenvalue weighted by Gasteiger charge is -2.45. The van der Waals surface area contributed by atoms with Crippen molar-refractivity contribution >= 4 is 17.3 Å². The predicted octanol–water partition coefficient (Wildman–Crippen LogP) is 2.78. The number of Topliss-reactive ketones (excluding diaryl/α,β-unsaturated/α-hetero) is 1. The normalized spacial score (nSPS) is 34.7. The summed E-state index contributed by atoms with van der Waals surface area (Å²) in [5, 5.41) is 34.8. The molecule has 11 heteroatoms. The molecule has 3 aliphatic heterocycles. The molecule has 3 saturated heterocycles. The highest BCUT2D eigenvalue weighted by atomic mass is 16.7. The summed E-state index contributed by atoms with van der Waals surface area (Å²) in [5.41, 5.74) is -2.67. The molecule has 6 unspecified atom stereocenters. The van der Waals surface area contributed by atoms with Crippen molar-refractivity contribution in [1.29, 1.82) is 0 Å². The van der Waals surface area contributed by atoms with Crippen LogP contribution in [0.4, 0.5) is 0 Å². The summed E-state index contributed by atoms with van der Waals surface area (Å²) in [7, 11) is 1.37. The number of benzene rings is 2. The average molecular weight is 594 g/mol. The van der Waals surface area contributed by atoms with E-state index in [0.29, 0.717) is 0 Å².